The van der Waals surface area contributed by atoms with E-state index in [-0.39, 0.29) is 5.69 Å². The first-order chi connectivity index (χ1) is 18.6. The van der Waals surface area contributed by atoms with Gasteiger partial charge >= 0.3 is 0 Å². The minimum Gasteiger partial charge on any atom is -0.372 e. The summed E-state index contributed by atoms with van der Waals surface area (Å²) < 4.78 is 0. The van der Waals surface area contributed by atoms with Gasteiger partial charge in [-0.2, -0.15) is 10.2 Å². The molecule has 0 aromatic heterocycles. The van der Waals surface area contributed by atoms with E-state index in [9.17, 15) is 10.1 Å². The maximum Gasteiger partial charge on any atom is 0.269 e. The minimum absolute atomic E-state index is 0.0913. The Balaban J connectivity index is 1.56. The average Bonchev–Trinajstić information content (AvgIpc) is 2.95. The molecule has 0 bridgehead atoms. The van der Waals surface area contributed by atoms with Gasteiger partial charge in [0, 0.05) is 30.9 Å². The number of azo groups is 1. The molecule has 0 saturated carbocycles. The fourth-order valence-electron chi connectivity index (χ4n) is 4.23. The van der Waals surface area contributed by atoms with Crippen LogP contribution < -0.4 is 4.90 Å². The lowest BCUT2D eigenvalue weighted by atomic mass is 10.1. The van der Waals surface area contributed by atoms with Crippen molar-refractivity contribution in [1.29, 1.82) is 0 Å². The summed E-state index contributed by atoms with van der Waals surface area (Å²) in [5.74, 6) is 0. The van der Waals surface area contributed by atoms with E-state index in [1.54, 1.807) is 12.1 Å². The smallest absolute Gasteiger partial charge is 0.269 e. The number of benzene rings is 3. The number of nitro benzene ring substituents is 1. The summed E-state index contributed by atoms with van der Waals surface area (Å²) in [5, 5.41) is 19.6. The number of rotatable bonds is 16. The molecule has 3 aromatic rings. The maximum absolute atomic E-state index is 10.8. The van der Waals surface area contributed by atoms with Crippen molar-refractivity contribution >= 4 is 34.9 Å². The molecule has 0 heterocycles. The molecule has 6 nitrogen and oxygen atoms in total. The highest BCUT2D eigenvalue weighted by Gasteiger charge is 2.07. The highest BCUT2D eigenvalue weighted by molar-refractivity contribution is 5.70. The van der Waals surface area contributed by atoms with Gasteiger partial charge in [0.2, 0.25) is 0 Å². The molecule has 0 N–H and O–H groups in total. The van der Waals surface area contributed by atoms with Gasteiger partial charge in [-0.15, -0.1) is 0 Å². The Bertz CT molecular complexity index is 1140. The van der Waals surface area contributed by atoms with E-state index in [1.807, 2.05) is 48.6 Å². The Morgan fingerprint density at radius 3 is 1.55 bits per heavy atom. The number of anilines is 1. The van der Waals surface area contributed by atoms with Crippen LogP contribution in [0.3, 0.4) is 0 Å². The minimum atomic E-state index is -0.394. The van der Waals surface area contributed by atoms with E-state index in [1.165, 1.54) is 69.2 Å². The van der Waals surface area contributed by atoms with Gasteiger partial charge in [-0.1, -0.05) is 76.7 Å². The fraction of sp³-hybridized carbons (Fsp3) is 0.375. The first-order valence-electron chi connectivity index (χ1n) is 13.9. The maximum atomic E-state index is 10.8. The van der Waals surface area contributed by atoms with Crippen LogP contribution in [0.15, 0.2) is 83.0 Å². The van der Waals surface area contributed by atoms with Crippen LogP contribution in [-0.4, -0.2) is 18.0 Å². The second kappa shape index (κ2) is 16.1. The molecule has 0 aliphatic heterocycles. The molecule has 38 heavy (non-hydrogen) atoms. The Morgan fingerprint density at radius 1 is 0.658 bits per heavy atom. The third kappa shape index (κ3) is 9.92. The number of hydrogen-bond donors (Lipinski definition) is 0. The summed E-state index contributed by atoms with van der Waals surface area (Å²) in [7, 11) is 0. The SMILES string of the molecule is CCCCCCN(CCCCCC)c1ccc(N=Nc2ccc(C=Cc3ccc([N+](=O)[O-])cc3)cc2)cc1. The molecule has 0 fully saturated rings. The lowest BCUT2D eigenvalue weighted by molar-refractivity contribution is -0.384. The number of hydrogen-bond acceptors (Lipinski definition) is 5. The molecule has 0 spiro atoms. The summed E-state index contributed by atoms with van der Waals surface area (Å²) in [4.78, 5) is 12.9. The monoisotopic (exact) mass is 512 g/mol. The molecule has 0 unspecified atom stereocenters. The molecule has 0 radical (unpaired) electrons. The van der Waals surface area contributed by atoms with Crippen molar-refractivity contribution in [2.24, 2.45) is 10.2 Å². The molecule has 3 aromatic carbocycles. The normalized spacial score (nSPS) is 11.4. The number of nitro groups is 1. The Morgan fingerprint density at radius 2 is 1.11 bits per heavy atom. The Kier molecular flexibility index (Phi) is 12.2. The molecule has 6 heteroatoms. The standard InChI is InChI=1S/C32H40N4O2/c1-3-5-7-9-25-35(26-10-8-6-4-2)31-23-19-30(20-24-31)34-33-29-17-13-27(14-18-29)11-12-28-15-21-32(22-16-28)36(37)38/h11-24H,3-10,25-26H2,1-2H3. The number of unbranched alkanes of at least 4 members (excludes halogenated alkanes) is 6. The zero-order valence-electron chi connectivity index (χ0n) is 22.8. The van der Waals surface area contributed by atoms with Gasteiger partial charge in [-0.25, -0.2) is 0 Å². The van der Waals surface area contributed by atoms with Gasteiger partial charge in [0.05, 0.1) is 16.3 Å². The molecule has 0 aliphatic rings. The van der Waals surface area contributed by atoms with Crippen LogP contribution in [0.1, 0.15) is 76.3 Å². The molecule has 0 saturated heterocycles. The predicted molar refractivity (Wildman–Crippen MR) is 160 cm³/mol. The van der Waals surface area contributed by atoms with E-state index < -0.39 is 4.92 Å². The van der Waals surface area contributed by atoms with Gasteiger partial charge in [-0.05, 0) is 72.5 Å². The van der Waals surface area contributed by atoms with Crippen LogP contribution in [-0.2, 0) is 0 Å². The van der Waals surface area contributed by atoms with Crippen LogP contribution in [0.4, 0.5) is 22.7 Å². The van der Waals surface area contributed by atoms with Crippen LogP contribution in [0, 0.1) is 10.1 Å². The summed E-state index contributed by atoms with van der Waals surface area (Å²) in [6.45, 7) is 6.73. The average molecular weight is 513 g/mol. The number of non-ortho nitro benzene ring substituents is 1. The highest BCUT2D eigenvalue weighted by atomic mass is 16.6. The first kappa shape index (κ1) is 28.8. The molecule has 3 rings (SSSR count). The Hall–Kier alpha value is -3.80. The van der Waals surface area contributed by atoms with Crippen LogP contribution in [0.2, 0.25) is 0 Å². The second-order valence-corrected chi connectivity index (χ2v) is 9.60. The van der Waals surface area contributed by atoms with E-state index in [0.717, 1.165) is 35.6 Å². The van der Waals surface area contributed by atoms with E-state index in [2.05, 4.69) is 41.1 Å². The highest BCUT2D eigenvalue weighted by Crippen LogP contribution is 2.24. The van der Waals surface area contributed by atoms with Crippen molar-refractivity contribution in [1.82, 2.24) is 0 Å². The van der Waals surface area contributed by atoms with Crippen LogP contribution in [0.25, 0.3) is 12.2 Å². The van der Waals surface area contributed by atoms with Crippen molar-refractivity contribution < 1.29 is 4.92 Å². The third-order valence-corrected chi connectivity index (χ3v) is 6.52. The topological polar surface area (TPSA) is 71.1 Å². The van der Waals surface area contributed by atoms with Crippen molar-refractivity contribution in [3.8, 4) is 0 Å². The van der Waals surface area contributed by atoms with Gasteiger partial charge in [0.15, 0.2) is 0 Å². The Labute approximate surface area is 227 Å². The lowest BCUT2D eigenvalue weighted by Crippen LogP contribution is -2.25. The van der Waals surface area contributed by atoms with Crippen molar-refractivity contribution in [2.75, 3.05) is 18.0 Å². The molecule has 0 aliphatic carbocycles. The largest absolute Gasteiger partial charge is 0.372 e. The molecular formula is C32H40N4O2. The first-order valence-corrected chi connectivity index (χ1v) is 13.9. The summed E-state index contributed by atoms with van der Waals surface area (Å²) in [5.41, 5.74) is 4.91. The van der Waals surface area contributed by atoms with E-state index in [0.29, 0.717) is 0 Å². The molecule has 200 valence electrons. The quantitative estimate of drug-likeness (QED) is 0.0630. The zero-order chi connectivity index (χ0) is 27.0. The predicted octanol–water partition coefficient (Wildman–Crippen LogP) is 10.1. The van der Waals surface area contributed by atoms with Gasteiger partial charge in [-0.3, -0.25) is 10.1 Å². The van der Waals surface area contributed by atoms with E-state index in [4.69, 9.17) is 0 Å². The van der Waals surface area contributed by atoms with Gasteiger partial charge in [0.1, 0.15) is 0 Å². The summed E-state index contributed by atoms with van der Waals surface area (Å²) in [6.07, 6.45) is 14.1. The van der Waals surface area contributed by atoms with Crippen molar-refractivity contribution in [3.63, 3.8) is 0 Å². The van der Waals surface area contributed by atoms with Gasteiger partial charge < -0.3 is 4.90 Å². The van der Waals surface area contributed by atoms with Crippen molar-refractivity contribution in [2.45, 2.75) is 65.2 Å². The second-order valence-electron chi connectivity index (χ2n) is 9.60. The zero-order valence-corrected chi connectivity index (χ0v) is 22.8. The summed E-state index contributed by atoms with van der Waals surface area (Å²) in [6, 6.07) is 22.7. The molecule has 0 amide bonds. The van der Waals surface area contributed by atoms with Gasteiger partial charge in [0.25, 0.3) is 5.69 Å². The third-order valence-electron chi connectivity index (χ3n) is 6.52. The van der Waals surface area contributed by atoms with E-state index >= 15 is 0 Å². The molecule has 0 atom stereocenters. The molecular weight excluding hydrogens is 472 g/mol. The van der Waals surface area contributed by atoms with Crippen LogP contribution >= 0.6 is 0 Å². The fourth-order valence-corrected chi connectivity index (χ4v) is 4.23. The summed E-state index contributed by atoms with van der Waals surface area (Å²) >= 11 is 0. The van der Waals surface area contributed by atoms with Crippen LogP contribution in [0.5, 0.6) is 0 Å². The number of nitrogens with zero attached hydrogens (tertiary/aromatic N) is 4. The van der Waals surface area contributed by atoms with Crippen molar-refractivity contribution in [3.05, 3.63) is 94.0 Å². The lowest BCUT2D eigenvalue weighted by Gasteiger charge is -2.25.